The second-order valence-electron chi connectivity index (χ2n) is 26.0. The van der Waals surface area contributed by atoms with E-state index >= 15 is 0 Å². The standard InChI is InChI=1S/C74H136O17P2/c1-7-10-12-14-16-18-20-22-24-26-28-33-37-44-50-56-71(76)84-62-69(90-73(78)58-52-46-38-34-29-27-25-23-21-19-17-15-13-11-8-2)64-88-92(80,81)86-60-68(75)61-87-93(82,83)89-65-70(63-85-72(77)57-51-45-41-40-43-49-55-67(6)9-3)91-74(79)59-53-47-39-35-31-30-32-36-42-48-54-66(4)5/h18-25,66-70,75H,7-17,26-65H2,1-6H3,(H,80,81)(H,82,83)/b20-18-,21-19-,24-22-,25-23-/t67?,68-,69-,70-/m1/s1. The van der Waals surface area contributed by atoms with Crippen LogP contribution in [-0.4, -0.2) is 96.7 Å². The number of rotatable bonds is 69. The maximum atomic E-state index is 13.0. The molecule has 17 nitrogen and oxygen atoms in total. The fourth-order valence-corrected chi connectivity index (χ4v) is 11.8. The van der Waals surface area contributed by atoms with Crippen molar-refractivity contribution >= 4 is 39.5 Å². The van der Waals surface area contributed by atoms with Gasteiger partial charge in [0.15, 0.2) is 12.2 Å². The maximum absolute atomic E-state index is 13.0. The van der Waals surface area contributed by atoms with Crippen molar-refractivity contribution in [3.63, 3.8) is 0 Å². The van der Waals surface area contributed by atoms with Crippen molar-refractivity contribution in [2.45, 2.75) is 349 Å². The third-order valence-corrected chi connectivity index (χ3v) is 18.2. The zero-order valence-corrected chi connectivity index (χ0v) is 61.3. The van der Waals surface area contributed by atoms with Crippen molar-refractivity contribution in [2.75, 3.05) is 39.6 Å². The van der Waals surface area contributed by atoms with E-state index in [1.807, 2.05) is 0 Å². The van der Waals surface area contributed by atoms with E-state index in [0.717, 1.165) is 140 Å². The van der Waals surface area contributed by atoms with Crippen molar-refractivity contribution in [1.29, 1.82) is 0 Å². The summed E-state index contributed by atoms with van der Waals surface area (Å²) >= 11 is 0. The van der Waals surface area contributed by atoms with Crippen LogP contribution < -0.4 is 0 Å². The molecule has 0 aliphatic heterocycles. The van der Waals surface area contributed by atoms with Crippen LogP contribution in [-0.2, 0) is 65.4 Å². The Morgan fingerprint density at radius 3 is 0.957 bits per heavy atom. The molecule has 0 saturated carbocycles. The summed E-state index contributed by atoms with van der Waals surface area (Å²) < 4.78 is 68.3. The second-order valence-corrected chi connectivity index (χ2v) is 28.9. The van der Waals surface area contributed by atoms with Gasteiger partial charge in [0.1, 0.15) is 19.3 Å². The zero-order valence-electron chi connectivity index (χ0n) is 59.5. The van der Waals surface area contributed by atoms with Gasteiger partial charge in [-0.05, 0) is 88.9 Å². The molecule has 6 atom stereocenters. The van der Waals surface area contributed by atoms with Gasteiger partial charge in [-0.25, -0.2) is 9.13 Å². The van der Waals surface area contributed by atoms with Gasteiger partial charge in [0.25, 0.3) is 0 Å². The summed E-state index contributed by atoms with van der Waals surface area (Å²) in [5.74, 6) is -0.705. The molecule has 0 amide bonds. The van der Waals surface area contributed by atoms with Crippen molar-refractivity contribution in [3.05, 3.63) is 48.6 Å². The lowest BCUT2D eigenvalue weighted by atomic mass is 10.00. The van der Waals surface area contributed by atoms with E-state index in [1.165, 1.54) is 109 Å². The van der Waals surface area contributed by atoms with Gasteiger partial charge in [-0.1, -0.05) is 276 Å². The quantitative estimate of drug-likeness (QED) is 0.0169. The predicted molar refractivity (Wildman–Crippen MR) is 376 cm³/mol. The number of esters is 4. The summed E-state index contributed by atoms with van der Waals surface area (Å²) in [5, 5.41) is 10.6. The molecule has 0 rings (SSSR count). The summed E-state index contributed by atoms with van der Waals surface area (Å²) in [6.07, 6.45) is 57.1. The molecule has 0 aromatic carbocycles. The molecule has 544 valence electrons. The van der Waals surface area contributed by atoms with Gasteiger partial charge >= 0.3 is 39.5 Å². The van der Waals surface area contributed by atoms with E-state index in [9.17, 15) is 43.2 Å². The monoisotopic (exact) mass is 1360 g/mol. The number of phosphoric acid groups is 2. The van der Waals surface area contributed by atoms with Crippen LogP contribution in [0.1, 0.15) is 330 Å². The van der Waals surface area contributed by atoms with Gasteiger partial charge in [-0.2, -0.15) is 0 Å². The van der Waals surface area contributed by atoms with Crippen molar-refractivity contribution in [1.82, 2.24) is 0 Å². The van der Waals surface area contributed by atoms with Crippen molar-refractivity contribution in [3.8, 4) is 0 Å². The average molecular weight is 1360 g/mol. The maximum Gasteiger partial charge on any atom is 0.472 e. The third-order valence-electron chi connectivity index (χ3n) is 16.3. The van der Waals surface area contributed by atoms with Crippen molar-refractivity contribution in [2.24, 2.45) is 11.8 Å². The normalized spacial score (nSPS) is 14.7. The number of carbonyl (C=O) groups excluding carboxylic acids is 4. The molecule has 0 radical (unpaired) electrons. The first-order valence-corrected chi connectivity index (χ1v) is 40.2. The number of aliphatic hydroxyl groups excluding tert-OH is 1. The molecule has 0 fully saturated rings. The van der Waals surface area contributed by atoms with Crippen LogP contribution in [0.2, 0.25) is 0 Å². The molecule has 0 bridgehead atoms. The Bertz CT molecular complexity index is 1990. The van der Waals surface area contributed by atoms with Crippen LogP contribution in [0.3, 0.4) is 0 Å². The Hall–Kier alpha value is -2.98. The van der Waals surface area contributed by atoms with Gasteiger partial charge in [0, 0.05) is 25.7 Å². The minimum absolute atomic E-state index is 0.0778. The number of carbonyl (C=O) groups is 4. The molecular weight excluding hydrogens is 1220 g/mol. The van der Waals surface area contributed by atoms with Crippen LogP contribution in [0.25, 0.3) is 0 Å². The topological polar surface area (TPSA) is 237 Å². The highest BCUT2D eigenvalue weighted by Crippen LogP contribution is 2.45. The van der Waals surface area contributed by atoms with Gasteiger partial charge in [-0.15, -0.1) is 0 Å². The van der Waals surface area contributed by atoms with E-state index < -0.39 is 97.5 Å². The number of hydrogen-bond donors (Lipinski definition) is 3. The number of ether oxygens (including phenoxy) is 4. The molecule has 0 aromatic rings. The molecule has 0 aliphatic rings. The molecule has 3 unspecified atom stereocenters. The van der Waals surface area contributed by atoms with Crippen LogP contribution in [0.15, 0.2) is 48.6 Å². The molecule has 0 heterocycles. The summed E-state index contributed by atoms with van der Waals surface area (Å²) in [6.45, 7) is 9.39. The smallest absolute Gasteiger partial charge is 0.462 e. The molecular formula is C74H136O17P2. The van der Waals surface area contributed by atoms with Gasteiger partial charge < -0.3 is 33.8 Å². The number of aliphatic hydroxyl groups is 1. The van der Waals surface area contributed by atoms with E-state index in [0.29, 0.717) is 25.7 Å². The zero-order chi connectivity index (χ0) is 68.6. The van der Waals surface area contributed by atoms with Gasteiger partial charge in [0.05, 0.1) is 26.4 Å². The number of allylic oxidation sites excluding steroid dienone is 8. The summed E-state index contributed by atoms with van der Waals surface area (Å²) in [5.41, 5.74) is 0. The molecule has 0 aromatic heterocycles. The van der Waals surface area contributed by atoms with E-state index in [-0.39, 0.29) is 25.7 Å². The second kappa shape index (κ2) is 65.0. The van der Waals surface area contributed by atoms with E-state index in [4.69, 9.17) is 37.0 Å². The van der Waals surface area contributed by atoms with Gasteiger partial charge in [-0.3, -0.25) is 37.3 Å². The molecule has 93 heavy (non-hydrogen) atoms. The summed E-state index contributed by atoms with van der Waals surface area (Å²) in [6, 6.07) is 0. The predicted octanol–water partition coefficient (Wildman–Crippen LogP) is 20.7. The highest BCUT2D eigenvalue weighted by Gasteiger charge is 2.30. The lowest BCUT2D eigenvalue weighted by Crippen LogP contribution is -2.30. The van der Waals surface area contributed by atoms with Crippen LogP contribution >= 0.6 is 15.6 Å². The first kappa shape index (κ1) is 90.0. The molecule has 0 saturated heterocycles. The Labute approximate surface area is 566 Å². The summed E-state index contributed by atoms with van der Waals surface area (Å²) in [4.78, 5) is 72.7. The minimum Gasteiger partial charge on any atom is -0.462 e. The first-order valence-electron chi connectivity index (χ1n) is 37.2. The SMILES string of the molecule is CCCCCC/C=C\C=C/CCCCCCCC(=O)OC[C@H](COP(=O)(O)OC[C@@H](O)COP(=O)(O)OC[C@@H](COC(=O)CCCCCCCCC(C)CC)OC(=O)CCCCCCCCCCCCC(C)C)OC(=O)CCCCCCC/C=C\C=C/CCCCCC. The number of phosphoric ester groups is 2. The molecule has 0 aliphatic carbocycles. The van der Waals surface area contributed by atoms with E-state index in [2.05, 4.69) is 90.2 Å². The fourth-order valence-electron chi connectivity index (χ4n) is 10.2. The van der Waals surface area contributed by atoms with Gasteiger partial charge in [0.2, 0.25) is 0 Å². The molecule has 0 spiro atoms. The lowest BCUT2D eigenvalue weighted by Gasteiger charge is -2.21. The van der Waals surface area contributed by atoms with Crippen LogP contribution in [0, 0.1) is 11.8 Å². The lowest BCUT2D eigenvalue weighted by molar-refractivity contribution is -0.161. The van der Waals surface area contributed by atoms with Crippen molar-refractivity contribution < 1.29 is 80.2 Å². The number of unbranched alkanes of at least 4 members (excludes halogenated alkanes) is 32. The first-order chi connectivity index (χ1) is 44.9. The Morgan fingerprint density at radius 2 is 0.634 bits per heavy atom. The number of hydrogen-bond acceptors (Lipinski definition) is 15. The minimum atomic E-state index is -4.97. The molecule has 3 N–H and O–H groups in total. The highest BCUT2D eigenvalue weighted by atomic mass is 31.2. The highest BCUT2D eigenvalue weighted by molar-refractivity contribution is 7.47. The Morgan fingerprint density at radius 1 is 0.355 bits per heavy atom. The van der Waals surface area contributed by atoms with Crippen LogP contribution in [0.4, 0.5) is 0 Å². The van der Waals surface area contributed by atoms with E-state index in [1.54, 1.807) is 0 Å². The third kappa shape index (κ3) is 66.1. The average Bonchev–Trinajstić information content (AvgIpc) is 1.86. The summed E-state index contributed by atoms with van der Waals surface area (Å²) in [7, 11) is -9.93. The van der Waals surface area contributed by atoms with Crippen LogP contribution in [0.5, 0.6) is 0 Å². The largest absolute Gasteiger partial charge is 0.472 e. The Balaban J connectivity index is 5.33. The molecule has 19 heteroatoms. The fraction of sp³-hybridized carbons (Fsp3) is 0.838. The Kier molecular flexibility index (Phi) is 62.9.